The molecule has 0 nitrogen and oxygen atoms in total. The summed E-state index contributed by atoms with van der Waals surface area (Å²) in [5, 5.41) is 0. The molecule has 0 amide bonds. The Kier molecular flexibility index (Phi) is 4.24. The second-order valence-electron chi connectivity index (χ2n) is 4.48. The zero-order chi connectivity index (χ0) is 14.8. The fraction of sp³-hybridized carbons (Fsp3) is 0.455. The van der Waals surface area contributed by atoms with Crippen LogP contribution in [-0.2, 0) is 11.8 Å². The van der Waals surface area contributed by atoms with Gasteiger partial charge in [-0.25, -0.2) is 0 Å². The molecule has 0 saturated carbocycles. The first-order valence-electron chi connectivity index (χ1n) is 5.57. The van der Waals surface area contributed by atoms with Gasteiger partial charge in [-0.2, -0.15) is 0 Å². The number of halogens is 6. The van der Waals surface area contributed by atoms with Crippen molar-refractivity contribution in [2.75, 3.05) is 11.5 Å². The molecule has 0 bridgehead atoms. The summed E-state index contributed by atoms with van der Waals surface area (Å²) >= 11 is 1.65. The van der Waals surface area contributed by atoms with Gasteiger partial charge >= 0.3 is 33.0 Å². The fourth-order valence-corrected chi connectivity index (χ4v) is 3.08. The van der Waals surface area contributed by atoms with Gasteiger partial charge in [0.25, 0.3) is 0 Å². The van der Waals surface area contributed by atoms with Gasteiger partial charge in [0.2, 0.25) is 0 Å². The van der Waals surface area contributed by atoms with Crippen molar-refractivity contribution in [2.24, 2.45) is 0 Å². The first-order valence-corrected chi connectivity index (χ1v) is 8.87. The summed E-state index contributed by atoms with van der Waals surface area (Å²) < 4.78 is 59.2. The van der Waals surface area contributed by atoms with E-state index in [-0.39, 0.29) is 0 Å². The molecule has 1 aliphatic rings. The van der Waals surface area contributed by atoms with Crippen molar-refractivity contribution in [3.05, 3.63) is 35.4 Å². The summed E-state index contributed by atoms with van der Waals surface area (Å²) in [5.41, 5.74) is 2.92. The summed E-state index contributed by atoms with van der Waals surface area (Å²) in [6.45, 7) is 2.15. The molecule has 19 heavy (non-hydrogen) atoms. The number of aryl methyl sites for hydroxylation is 1. The van der Waals surface area contributed by atoms with Crippen LogP contribution in [0.5, 0.6) is 0 Å². The second kappa shape index (κ2) is 4.85. The van der Waals surface area contributed by atoms with Gasteiger partial charge in [0.05, 0.1) is 0 Å². The minimum absolute atomic E-state index is 0.854. The zero-order valence-electron chi connectivity index (χ0n) is 10.2. The first-order chi connectivity index (χ1) is 8.31. The number of hydrogen-bond donors (Lipinski definition) is 0. The first kappa shape index (κ1) is 16.6. The molecule has 0 N–H and O–H groups in total. The summed E-state index contributed by atoms with van der Waals surface area (Å²) in [5.74, 6) is 3.63. The Morgan fingerprint density at radius 1 is 1.00 bits per heavy atom. The molecule has 1 fully saturated rings. The Bertz CT molecular complexity index is 406. The third-order valence-electron chi connectivity index (χ3n) is 2.53. The van der Waals surface area contributed by atoms with Crippen LogP contribution in [0.25, 0.3) is 0 Å². The second-order valence-corrected chi connectivity index (χ2v) is 7.66. The quantitative estimate of drug-likeness (QED) is 0.270. The van der Waals surface area contributed by atoms with Gasteiger partial charge in [0.15, 0.2) is 0 Å². The average molecular weight is 324 g/mol. The molecule has 0 aromatic heterocycles. The van der Waals surface area contributed by atoms with E-state index in [0.29, 0.717) is 0 Å². The molecule has 1 unspecified atom stereocenters. The maximum atomic E-state index is 9.87. The molecule has 1 atom stereocenters. The Balaban J connectivity index is 0.000000224. The molecule has 1 aliphatic heterocycles. The number of hydrogen-bond acceptors (Lipinski definition) is 0. The van der Waals surface area contributed by atoms with Gasteiger partial charge in [-0.1, -0.05) is 29.8 Å². The molecule has 8 heteroatoms. The minimum atomic E-state index is -10.7. The predicted octanol–water partition coefficient (Wildman–Crippen LogP) is 5.68. The van der Waals surface area contributed by atoms with E-state index in [1.54, 1.807) is 17.3 Å². The van der Waals surface area contributed by atoms with Crippen molar-refractivity contribution in [1.82, 2.24) is 0 Å². The van der Waals surface area contributed by atoms with Crippen LogP contribution in [0.15, 0.2) is 24.3 Å². The van der Waals surface area contributed by atoms with Crippen LogP contribution in [0, 0.1) is 6.92 Å². The number of rotatable bonds is 1. The Morgan fingerprint density at radius 2 is 1.47 bits per heavy atom. The van der Waals surface area contributed by atoms with Crippen molar-refractivity contribution < 1.29 is 25.2 Å². The molecule has 0 spiro atoms. The van der Waals surface area contributed by atoms with E-state index in [1.165, 1.54) is 23.5 Å². The molecule has 2 rings (SSSR count). The zero-order valence-corrected chi connectivity index (χ0v) is 12.0. The van der Waals surface area contributed by atoms with Crippen LogP contribution in [0.4, 0.5) is 25.2 Å². The fourth-order valence-electron chi connectivity index (χ4n) is 1.70. The van der Waals surface area contributed by atoms with E-state index in [2.05, 4.69) is 31.2 Å². The molecule has 0 radical (unpaired) electrons. The van der Waals surface area contributed by atoms with E-state index < -0.39 is 7.81 Å². The van der Waals surface area contributed by atoms with E-state index in [1.807, 2.05) is 0 Å². The van der Waals surface area contributed by atoms with E-state index in [0.717, 1.165) is 5.92 Å². The van der Waals surface area contributed by atoms with E-state index in [9.17, 15) is 25.2 Å². The summed E-state index contributed by atoms with van der Waals surface area (Å²) in [6, 6.07) is 9.04. The maximum absolute atomic E-state index is 10.7. The van der Waals surface area contributed by atoms with Crippen LogP contribution in [0.3, 0.4) is 0 Å². The van der Waals surface area contributed by atoms with E-state index >= 15 is 0 Å². The van der Waals surface area contributed by atoms with Gasteiger partial charge in [0.1, 0.15) is 11.5 Å². The monoisotopic (exact) mass is 324 g/mol. The van der Waals surface area contributed by atoms with Gasteiger partial charge < -0.3 is 0 Å². The van der Waals surface area contributed by atoms with E-state index in [4.69, 9.17) is 0 Å². The molecule has 112 valence electrons. The van der Waals surface area contributed by atoms with Crippen LogP contribution in [-0.4, -0.2) is 11.5 Å². The molecular weight excluding hydrogens is 309 g/mol. The third-order valence-corrected chi connectivity index (χ3v) is 3.81. The normalized spacial score (nSPS) is 23.0. The van der Waals surface area contributed by atoms with Gasteiger partial charge in [0, 0.05) is 12.3 Å². The van der Waals surface area contributed by atoms with Crippen molar-refractivity contribution in [1.29, 1.82) is 0 Å². The van der Waals surface area contributed by atoms with Crippen LogP contribution in [0.2, 0.25) is 0 Å². The summed E-state index contributed by atoms with van der Waals surface area (Å²) in [7, 11) is -10.7. The number of benzene rings is 1. The average Bonchev–Trinajstić information content (AvgIpc) is 2.66. The summed E-state index contributed by atoms with van der Waals surface area (Å²) in [4.78, 5) is 0. The Labute approximate surface area is 111 Å². The van der Waals surface area contributed by atoms with Gasteiger partial charge in [-0.05, 0) is 24.2 Å². The van der Waals surface area contributed by atoms with Crippen LogP contribution >= 0.6 is 7.81 Å². The standard InChI is InChI=1S/C11H14S.F6P/c1-9-2-4-10(5-3-9)11-6-7-12-8-11;1-7(2,3,4,5)6/h2-5,11H,6-8H2,1H3;/q;-1/p+1. The SMILES string of the molecule is Cc1ccc(C2CC[SH+]C2)cc1.F[P-](F)(F)(F)(F)F. The summed E-state index contributed by atoms with van der Waals surface area (Å²) in [6.07, 6.45) is 1.39. The van der Waals surface area contributed by atoms with Crippen molar-refractivity contribution in [3.8, 4) is 0 Å². The number of thiol groups is 1. The Morgan fingerprint density at radius 3 is 1.84 bits per heavy atom. The van der Waals surface area contributed by atoms with Crippen LogP contribution in [0.1, 0.15) is 23.5 Å². The Hall–Kier alpha value is -0.420. The molecule has 0 aliphatic carbocycles. The van der Waals surface area contributed by atoms with Crippen molar-refractivity contribution in [3.63, 3.8) is 0 Å². The molecule has 1 saturated heterocycles. The topological polar surface area (TPSA) is 0 Å². The molecule has 1 aromatic carbocycles. The molecule has 1 aromatic rings. The van der Waals surface area contributed by atoms with Crippen LogP contribution < -0.4 is 0 Å². The molecule has 1 heterocycles. The van der Waals surface area contributed by atoms with Gasteiger partial charge in [-0.3, -0.25) is 0 Å². The molecular formula is C11H15F6PS. The third kappa shape index (κ3) is 10.1. The van der Waals surface area contributed by atoms with Crippen molar-refractivity contribution >= 4 is 19.6 Å². The van der Waals surface area contributed by atoms with Crippen molar-refractivity contribution in [2.45, 2.75) is 19.3 Å². The predicted molar refractivity (Wildman–Crippen MR) is 70.6 cm³/mol. The van der Waals surface area contributed by atoms with Gasteiger partial charge in [-0.15, -0.1) is 0 Å².